The highest BCUT2D eigenvalue weighted by molar-refractivity contribution is 9.10. The van der Waals surface area contributed by atoms with Crippen LogP contribution in [0.1, 0.15) is 23.7 Å². The van der Waals surface area contributed by atoms with Crippen molar-refractivity contribution in [2.24, 2.45) is 0 Å². The van der Waals surface area contributed by atoms with Crippen LogP contribution in [0.5, 0.6) is 0 Å². The van der Waals surface area contributed by atoms with Crippen molar-refractivity contribution < 1.29 is 22.3 Å². The SMILES string of the molecule is CCCOC(=O)c1cc(F)c(Br)c(S(=O)(=O)Cl)c1. The second kappa shape index (κ2) is 5.99. The van der Waals surface area contributed by atoms with Crippen LogP contribution in [0.25, 0.3) is 0 Å². The molecule has 8 heteroatoms. The summed E-state index contributed by atoms with van der Waals surface area (Å²) in [7, 11) is 0.985. The largest absolute Gasteiger partial charge is 0.462 e. The van der Waals surface area contributed by atoms with E-state index in [1.54, 1.807) is 6.92 Å². The highest BCUT2D eigenvalue weighted by atomic mass is 79.9. The van der Waals surface area contributed by atoms with Crippen molar-refractivity contribution in [3.8, 4) is 0 Å². The quantitative estimate of drug-likeness (QED) is 0.612. The van der Waals surface area contributed by atoms with E-state index in [0.29, 0.717) is 6.42 Å². The molecule has 100 valence electrons. The molecule has 1 rings (SSSR count). The van der Waals surface area contributed by atoms with Gasteiger partial charge in [0.25, 0.3) is 9.05 Å². The van der Waals surface area contributed by atoms with Gasteiger partial charge in [0, 0.05) is 10.7 Å². The summed E-state index contributed by atoms with van der Waals surface area (Å²) in [5, 5.41) is 0. The lowest BCUT2D eigenvalue weighted by Gasteiger charge is -2.07. The Morgan fingerprint density at radius 2 is 2.11 bits per heavy atom. The molecule has 0 N–H and O–H groups in total. The summed E-state index contributed by atoms with van der Waals surface area (Å²) in [4.78, 5) is 11.0. The molecule has 1 aromatic rings. The fourth-order valence-electron chi connectivity index (χ4n) is 1.14. The highest BCUT2D eigenvalue weighted by Gasteiger charge is 2.21. The van der Waals surface area contributed by atoms with E-state index >= 15 is 0 Å². The summed E-state index contributed by atoms with van der Waals surface area (Å²) in [5.41, 5.74) is -0.205. The van der Waals surface area contributed by atoms with Gasteiger partial charge >= 0.3 is 5.97 Å². The molecule has 0 spiro atoms. The first-order valence-electron chi connectivity index (χ1n) is 4.88. The van der Waals surface area contributed by atoms with Crippen LogP contribution >= 0.6 is 26.6 Å². The first-order chi connectivity index (χ1) is 8.27. The lowest BCUT2D eigenvalue weighted by molar-refractivity contribution is 0.0504. The normalized spacial score (nSPS) is 11.3. The van der Waals surface area contributed by atoms with E-state index in [1.807, 2.05) is 0 Å². The Labute approximate surface area is 117 Å². The van der Waals surface area contributed by atoms with Crippen molar-refractivity contribution in [2.75, 3.05) is 6.61 Å². The summed E-state index contributed by atoms with van der Waals surface area (Å²) in [6, 6.07) is 1.85. The van der Waals surface area contributed by atoms with Gasteiger partial charge in [0.15, 0.2) is 0 Å². The van der Waals surface area contributed by atoms with E-state index in [0.717, 1.165) is 12.1 Å². The summed E-state index contributed by atoms with van der Waals surface area (Å²) >= 11 is 2.76. The second-order valence-corrected chi connectivity index (χ2v) is 6.67. The van der Waals surface area contributed by atoms with E-state index in [2.05, 4.69) is 15.9 Å². The molecule has 0 saturated heterocycles. The summed E-state index contributed by atoms with van der Waals surface area (Å²) in [6.07, 6.45) is 0.603. The van der Waals surface area contributed by atoms with Crippen LogP contribution < -0.4 is 0 Å². The van der Waals surface area contributed by atoms with Gasteiger partial charge in [-0.3, -0.25) is 0 Å². The minimum absolute atomic E-state index is 0.166. The van der Waals surface area contributed by atoms with Crippen LogP contribution in [-0.4, -0.2) is 21.0 Å². The molecule has 0 aliphatic carbocycles. The zero-order valence-corrected chi connectivity index (χ0v) is 12.4. The third-order valence-electron chi connectivity index (χ3n) is 1.93. The van der Waals surface area contributed by atoms with Crippen molar-refractivity contribution in [3.63, 3.8) is 0 Å². The minimum atomic E-state index is -4.15. The lowest BCUT2D eigenvalue weighted by atomic mass is 10.2. The molecule has 0 bridgehead atoms. The molecular formula is C10H9BrClFO4S. The van der Waals surface area contributed by atoms with Gasteiger partial charge in [0.05, 0.1) is 16.6 Å². The molecular weight excluding hydrogens is 351 g/mol. The third-order valence-corrected chi connectivity index (χ3v) is 4.34. The average molecular weight is 360 g/mol. The van der Waals surface area contributed by atoms with Gasteiger partial charge in [-0.1, -0.05) is 6.92 Å². The Balaban J connectivity index is 3.25. The van der Waals surface area contributed by atoms with Crippen molar-refractivity contribution in [2.45, 2.75) is 18.2 Å². The Morgan fingerprint density at radius 3 is 2.61 bits per heavy atom. The van der Waals surface area contributed by atoms with Gasteiger partial charge in [0.1, 0.15) is 10.7 Å². The van der Waals surface area contributed by atoms with Crippen molar-refractivity contribution in [1.29, 1.82) is 0 Å². The predicted molar refractivity (Wildman–Crippen MR) is 67.7 cm³/mol. The molecule has 0 atom stereocenters. The molecule has 0 aliphatic heterocycles. The molecule has 0 unspecified atom stereocenters. The second-order valence-electron chi connectivity index (χ2n) is 3.34. The average Bonchev–Trinajstić information content (AvgIpc) is 2.27. The first kappa shape index (κ1) is 15.4. The number of rotatable bonds is 4. The number of carbonyl (C=O) groups is 1. The maximum absolute atomic E-state index is 13.5. The van der Waals surface area contributed by atoms with Crippen molar-refractivity contribution >= 4 is 41.6 Å². The summed E-state index contributed by atoms with van der Waals surface area (Å²) in [6.45, 7) is 1.96. The molecule has 0 saturated carbocycles. The predicted octanol–water partition coefficient (Wildman–Crippen LogP) is 3.08. The Bertz CT molecular complexity index is 573. The monoisotopic (exact) mass is 358 g/mol. The van der Waals surface area contributed by atoms with Crippen LogP contribution in [0.4, 0.5) is 4.39 Å². The third kappa shape index (κ3) is 3.66. The van der Waals surface area contributed by atoms with Gasteiger partial charge in [-0.15, -0.1) is 0 Å². The van der Waals surface area contributed by atoms with E-state index < -0.39 is 25.7 Å². The molecule has 4 nitrogen and oxygen atoms in total. The van der Waals surface area contributed by atoms with Gasteiger partial charge in [-0.2, -0.15) is 0 Å². The Morgan fingerprint density at radius 1 is 1.50 bits per heavy atom. The van der Waals surface area contributed by atoms with Gasteiger partial charge in [0.2, 0.25) is 0 Å². The fourth-order valence-corrected chi connectivity index (χ4v) is 3.23. The van der Waals surface area contributed by atoms with Crippen molar-refractivity contribution in [3.05, 3.63) is 28.0 Å². The standard InChI is InChI=1S/C10H9BrClFO4S/c1-2-3-17-10(14)6-4-7(13)9(11)8(5-6)18(12,15)16/h4-5H,2-3H2,1H3. The fraction of sp³-hybridized carbons (Fsp3) is 0.300. The van der Waals surface area contributed by atoms with E-state index in [-0.39, 0.29) is 16.6 Å². The van der Waals surface area contributed by atoms with Crippen LogP contribution in [0.3, 0.4) is 0 Å². The van der Waals surface area contributed by atoms with Gasteiger partial charge in [-0.05, 0) is 34.5 Å². The zero-order chi connectivity index (χ0) is 13.9. The van der Waals surface area contributed by atoms with Crippen LogP contribution in [0.2, 0.25) is 0 Å². The van der Waals surface area contributed by atoms with E-state index in [4.69, 9.17) is 15.4 Å². The number of ether oxygens (including phenoxy) is 1. The smallest absolute Gasteiger partial charge is 0.338 e. The molecule has 0 aliphatic rings. The van der Waals surface area contributed by atoms with Crippen molar-refractivity contribution in [1.82, 2.24) is 0 Å². The molecule has 0 amide bonds. The number of esters is 1. The van der Waals surface area contributed by atoms with E-state index in [9.17, 15) is 17.6 Å². The highest BCUT2D eigenvalue weighted by Crippen LogP contribution is 2.29. The van der Waals surface area contributed by atoms with Gasteiger partial charge < -0.3 is 4.74 Å². The Hall–Kier alpha value is -0.660. The molecule has 18 heavy (non-hydrogen) atoms. The zero-order valence-electron chi connectivity index (χ0n) is 9.24. The van der Waals surface area contributed by atoms with Crippen LogP contribution in [0.15, 0.2) is 21.5 Å². The molecule has 0 aromatic heterocycles. The maximum Gasteiger partial charge on any atom is 0.338 e. The van der Waals surface area contributed by atoms with Crippen LogP contribution in [0, 0.1) is 5.82 Å². The number of hydrogen-bond donors (Lipinski definition) is 0. The first-order valence-corrected chi connectivity index (χ1v) is 7.98. The molecule has 1 aromatic carbocycles. The lowest BCUT2D eigenvalue weighted by Crippen LogP contribution is -2.08. The number of hydrogen-bond acceptors (Lipinski definition) is 4. The number of benzene rings is 1. The molecule has 0 radical (unpaired) electrons. The molecule has 0 heterocycles. The van der Waals surface area contributed by atoms with E-state index in [1.165, 1.54) is 0 Å². The number of carbonyl (C=O) groups excluding carboxylic acids is 1. The Kier molecular flexibility index (Phi) is 5.12. The van der Waals surface area contributed by atoms with Gasteiger partial charge in [-0.25, -0.2) is 17.6 Å². The summed E-state index contributed by atoms with van der Waals surface area (Å²) in [5.74, 6) is -1.70. The minimum Gasteiger partial charge on any atom is -0.462 e. The summed E-state index contributed by atoms with van der Waals surface area (Å²) < 4.78 is 40.4. The topological polar surface area (TPSA) is 60.4 Å². The maximum atomic E-state index is 13.5. The molecule has 0 fully saturated rings. The van der Waals surface area contributed by atoms with Crippen LogP contribution in [-0.2, 0) is 13.8 Å². The number of halogens is 3.